The monoisotopic (exact) mass is 355 g/mol. The quantitative estimate of drug-likeness (QED) is 0.679. The summed E-state index contributed by atoms with van der Waals surface area (Å²) in [6, 6.07) is 0. The number of rotatable bonds is 7. The van der Waals surface area contributed by atoms with E-state index in [-0.39, 0.29) is 11.3 Å². The van der Waals surface area contributed by atoms with Crippen molar-refractivity contribution in [2.75, 3.05) is 0 Å². The predicted molar refractivity (Wildman–Crippen MR) is 101 cm³/mol. The van der Waals surface area contributed by atoms with E-state index in [9.17, 15) is 0 Å². The molecule has 0 aliphatic carbocycles. The Morgan fingerprint density at radius 1 is 1.04 bits per heavy atom. The number of imidazole rings is 1. The van der Waals surface area contributed by atoms with Gasteiger partial charge in [0, 0.05) is 65.7 Å². The largest absolute Gasteiger partial charge is 0.345 e. The Bertz CT molecular complexity index is 779. The van der Waals surface area contributed by atoms with Gasteiger partial charge in [-0.2, -0.15) is 0 Å². The second-order valence-corrected chi connectivity index (χ2v) is 8.26. The molecule has 2 unspecified atom stereocenters. The molecule has 0 spiro atoms. The lowest BCUT2D eigenvalue weighted by Gasteiger charge is -2.26. The van der Waals surface area contributed by atoms with Gasteiger partial charge in [-0.05, 0) is 6.42 Å². The van der Waals surface area contributed by atoms with Crippen molar-refractivity contribution in [1.82, 2.24) is 24.9 Å². The van der Waals surface area contributed by atoms with E-state index in [0.717, 1.165) is 24.4 Å². The summed E-state index contributed by atoms with van der Waals surface area (Å²) in [5, 5.41) is 3.24. The predicted octanol–water partition coefficient (Wildman–Crippen LogP) is 4.47. The third-order valence-corrected chi connectivity index (χ3v) is 5.64. The lowest BCUT2D eigenvalue weighted by atomic mass is 9.81. The Morgan fingerprint density at radius 2 is 1.88 bits per heavy atom. The molecule has 132 valence electrons. The molecule has 0 amide bonds. The zero-order valence-corrected chi connectivity index (χ0v) is 16.0. The van der Waals surface area contributed by atoms with Gasteiger partial charge in [0.05, 0.1) is 10.7 Å². The SMILES string of the molecule is CC(Cc1ncc(C(C)(C)CC(C)c2nccs2)[nH]1)c1cnccn1. The summed E-state index contributed by atoms with van der Waals surface area (Å²) in [5.74, 6) is 1.72. The van der Waals surface area contributed by atoms with Gasteiger partial charge in [-0.3, -0.25) is 9.97 Å². The van der Waals surface area contributed by atoms with E-state index < -0.39 is 0 Å². The van der Waals surface area contributed by atoms with E-state index in [0.29, 0.717) is 5.92 Å². The fourth-order valence-corrected chi connectivity index (χ4v) is 3.91. The van der Waals surface area contributed by atoms with Crippen molar-refractivity contribution in [2.24, 2.45) is 0 Å². The number of hydrogen-bond donors (Lipinski definition) is 1. The van der Waals surface area contributed by atoms with Gasteiger partial charge in [-0.1, -0.05) is 27.7 Å². The fourth-order valence-electron chi connectivity index (χ4n) is 3.21. The molecule has 3 aromatic rings. The van der Waals surface area contributed by atoms with Crippen LogP contribution in [0.4, 0.5) is 0 Å². The molecule has 3 rings (SSSR count). The Kier molecular flexibility index (Phi) is 5.27. The first-order valence-corrected chi connectivity index (χ1v) is 9.53. The zero-order chi connectivity index (χ0) is 17.9. The average molecular weight is 356 g/mol. The number of hydrogen-bond acceptors (Lipinski definition) is 5. The average Bonchev–Trinajstić information content (AvgIpc) is 3.27. The molecule has 5 nitrogen and oxygen atoms in total. The van der Waals surface area contributed by atoms with Crippen LogP contribution in [-0.4, -0.2) is 24.9 Å². The topological polar surface area (TPSA) is 67.3 Å². The Morgan fingerprint density at radius 3 is 2.56 bits per heavy atom. The molecule has 0 saturated carbocycles. The van der Waals surface area contributed by atoms with Gasteiger partial charge in [0.2, 0.25) is 0 Å². The third kappa shape index (κ3) is 4.31. The van der Waals surface area contributed by atoms with Gasteiger partial charge in [-0.25, -0.2) is 9.97 Å². The highest BCUT2D eigenvalue weighted by molar-refractivity contribution is 7.09. The molecule has 6 heteroatoms. The van der Waals surface area contributed by atoms with Gasteiger partial charge >= 0.3 is 0 Å². The second-order valence-electron chi connectivity index (χ2n) is 7.34. The zero-order valence-electron chi connectivity index (χ0n) is 15.2. The summed E-state index contributed by atoms with van der Waals surface area (Å²) in [4.78, 5) is 21.1. The van der Waals surface area contributed by atoms with Crippen LogP contribution >= 0.6 is 11.3 Å². The van der Waals surface area contributed by atoms with E-state index >= 15 is 0 Å². The molecule has 0 aliphatic heterocycles. The Labute approximate surface area is 153 Å². The maximum absolute atomic E-state index is 4.60. The van der Waals surface area contributed by atoms with Crippen molar-refractivity contribution in [2.45, 2.75) is 57.8 Å². The van der Waals surface area contributed by atoms with Crippen LogP contribution < -0.4 is 0 Å². The van der Waals surface area contributed by atoms with Crippen LogP contribution in [0.3, 0.4) is 0 Å². The first-order chi connectivity index (χ1) is 12.0. The first-order valence-electron chi connectivity index (χ1n) is 8.65. The molecule has 2 atom stereocenters. The number of aromatic nitrogens is 5. The molecular weight excluding hydrogens is 330 g/mol. The molecule has 25 heavy (non-hydrogen) atoms. The summed E-state index contributed by atoms with van der Waals surface area (Å²) in [6.45, 7) is 8.93. The number of nitrogens with zero attached hydrogens (tertiary/aromatic N) is 4. The molecule has 1 N–H and O–H groups in total. The summed E-state index contributed by atoms with van der Waals surface area (Å²) >= 11 is 1.73. The summed E-state index contributed by atoms with van der Waals surface area (Å²) in [6.07, 6.45) is 11.0. The fraction of sp³-hybridized carbons (Fsp3) is 0.474. The molecule has 3 heterocycles. The summed E-state index contributed by atoms with van der Waals surface area (Å²) < 4.78 is 0. The van der Waals surface area contributed by atoms with Crippen LogP contribution in [0, 0.1) is 0 Å². The molecule has 3 aromatic heterocycles. The van der Waals surface area contributed by atoms with Crippen LogP contribution in [0.1, 0.15) is 68.2 Å². The Balaban J connectivity index is 1.67. The van der Waals surface area contributed by atoms with Crippen LogP contribution in [0.5, 0.6) is 0 Å². The normalized spacial score (nSPS) is 14.4. The minimum absolute atomic E-state index is 0.0200. The Hall–Kier alpha value is -2.08. The lowest BCUT2D eigenvalue weighted by molar-refractivity contribution is 0.427. The molecule has 0 fully saturated rings. The van der Waals surface area contributed by atoms with Crippen molar-refractivity contribution >= 4 is 11.3 Å². The minimum atomic E-state index is 0.0200. The molecule has 0 saturated heterocycles. The first kappa shape index (κ1) is 17.7. The van der Waals surface area contributed by atoms with Crippen molar-refractivity contribution < 1.29 is 0 Å². The molecule has 0 aromatic carbocycles. The third-order valence-electron chi connectivity index (χ3n) is 4.63. The molecule has 0 radical (unpaired) electrons. The highest BCUT2D eigenvalue weighted by Crippen LogP contribution is 2.34. The highest BCUT2D eigenvalue weighted by atomic mass is 32.1. The van der Waals surface area contributed by atoms with Gasteiger partial charge in [-0.15, -0.1) is 11.3 Å². The number of nitrogens with one attached hydrogen (secondary N) is 1. The molecule has 0 aliphatic rings. The van der Waals surface area contributed by atoms with Gasteiger partial charge < -0.3 is 4.98 Å². The number of H-pyrrole nitrogens is 1. The summed E-state index contributed by atoms with van der Waals surface area (Å²) in [7, 11) is 0. The van der Waals surface area contributed by atoms with Crippen LogP contribution in [-0.2, 0) is 11.8 Å². The van der Waals surface area contributed by atoms with Crippen LogP contribution in [0.25, 0.3) is 0 Å². The van der Waals surface area contributed by atoms with E-state index in [4.69, 9.17) is 0 Å². The van der Waals surface area contributed by atoms with E-state index in [1.54, 1.807) is 23.7 Å². The van der Waals surface area contributed by atoms with Crippen LogP contribution in [0.2, 0.25) is 0 Å². The second kappa shape index (κ2) is 7.44. The van der Waals surface area contributed by atoms with Gasteiger partial charge in [0.1, 0.15) is 5.82 Å². The lowest BCUT2D eigenvalue weighted by Crippen LogP contribution is -2.20. The van der Waals surface area contributed by atoms with Crippen molar-refractivity contribution in [3.05, 3.63) is 58.6 Å². The van der Waals surface area contributed by atoms with E-state index in [1.807, 2.05) is 24.0 Å². The van der Waals surface area contributed by atoms with Crippen molar-refractivity contribution in [3.63, 3.8) is 0 Å². The molecular formula is C19H25N5S. The maximum Gasteiger partial charge on any atom is 0.106 e. The summed E-state index contributed by atoms with van der Waals surface area (Å²) in [5.41, 5.74) is 2.20. The molecule has 0 bridgehead atoms. The van der Waals surface area contributed by atoms with E-state index in [1.165, 1.54) is 10.7 Å². The smallest absolute Gasteiger partial charge is 0.106 e. The standard InChI is InChI=1S/C19H25N5S/c1-13(15-11-20-5-6-21-15)9-17-23-12-16(24-17)19(3,4)10-14(2)18-22-7-8-25-18/h5-8,11-14H,9-10H2,1-4H3,(H,23,24). The maximum atomic E-state index is 4.60. The van der Waals surface area contributed by atoms with Gasteiger partial charge in [0.15, 0.2) is 0 Å². The minimum Gasteiger partial charge on any atom is -0.345 e. The van der Waals surface area contributed by atoms with Crippen molar-refractivity contribution in [1.29, 1.82) is 0 Å². The number of thiazole rings is 1. The number of aromatic amines is 1. The highest BCUT2D eigenvalue weighted by Gasteiger charge is 2.27. The van der Waals surface area contributed by atoms with Crippen LogP contribution in [0.15, 0.2) is 36.4 Å². The van der Waals surface area contributed by atoms with Crippen molar-refractivity contribution in [3.8, 4) is 0 Å². The van der Waals surface area contributed by atoms with E-state index in [2.05, 4.69) is 52.6 Å². The van der Waals surface area contributed by atoms with Gasteiger partial charge in [0.25, 0.3) is 0 Å².